The second kappa shape index (κ2) is 4.72. The van der Waals surface area contributed by atoms with E-state index >= 15 is 0 Å². The molecule has 4 nitrogen and oxygen atoms in total. The smallest absolute Gasteiger partial charge is 0.269 e. The molecule has 14 heavy (non-hydrogen) atoms. The molecular weight excluding hydrogens is 180 g/mol. The van der Waals surface area contributed by atoms with Crippen molar-refractivity contribution in [1.82, 2.24) is 0 Å². The predicted octanol–water partition coefficient (Wildman–Crippen LogP) is 2.21. The molecule has 0 saturated heterocycles. The van der Waals surface area contributed by atoms with Crippen molar-refractivity contribution in [2.24, 2.45) is 5.73 Å². The summed E-state index contributed by atoms with van der Waals surface area (Å²) in [4.78, 5) is 9.96. The molecular formula is C10H13N2O2. The van der Waals surface area contributed by atoms with Gasteiger partial charge in [0.2, 0.25) is 0 Å². The maximum atomic E-state index is 10.4. The molecule has 2 N–H and O–H groups in total. The lowest BCUT2D eigenvalue weighted by Crippen LogP contribution is -2.10. The van der Waals surface area contributed by atoms with Gasteiger partial charge < -0.3 is 5.73 Å². The fraction of sp³-hybridized carbons (Fsp3) is 0.300. The van der Waals surface area contributed by atoms with Crippen LogP contribution in [0.5, 0.6) is 0 Å². The summed E-state index contributed by atoms with van der Waals surface area (Å²) in [6.07, 6.45) is 2.85. The lowest BCUT2D eigenvalue weighted by atomic mass is 10.0. The van der Waals surface area contributed by atoms with Crippen molar-refractivity contribution in [3.05, 3.63) is 46.4 Å². The molecule has 0 aromatic heterocycles. The van der Waals surface area contributed by atoms with Crippen LogP contribution in [-0.4, -0.2) is 4.92 Å². The Morgan fingerprint density at radius 3 is 2.50 bits per heavy atom. The van der Waals surface area contributed by atoms with E-state index < -0.39 is 4.92 Å². The van der Waals surface area contributed by atoms with Crippen LogP contribution in [0.4, 0.5) is 5.69 Å². The van der Waals surface area contributed by atoms with E-state index in [1.165, 1.54) is 12.1 Å². The average molecular weight is 193 g/mol. The number of nitro groups is 1. The first-order valence-corrected chi connectivity index (χ1v) is 4.48. The minimum absolute atomic E-state index is 0.0949. The first-order chi connectivity index (χ1) is 6.65. The number of hydrogen-bond acceptors (Lipinski definition) is 3. The van der Waals surface area contributed by atoms with Gasteiger partial charge in [-0.25, -0.2) is 0 Å². The van der Waals surface area contributed by atoms with Crippen molar-refractivity contribution in [1.29, 1.82) is 0 Å². The van der Waals surface area contributed by atoms with Crippen molar-refractivity contribution >= 4 is 5.69 Å². The highest BCUT2D eigenvalue weighted by atomic mass is 16.6. The van der Waals surface area contributed by atoms with Crippen molar-refractivity contribution in [2.75, 3.05) is 0 Å². The van der Waals surface area contributed by atoms with Crippen LogP contribution < -0.4 is 5.73 Å². The SMILES string of the molecule is CC[CH]C(N)c1ccc([N+](=O)[O-])cc1. The van der Waals surface area contributed by atoms with Gasteiger partial charge in [-0.2, -0.15) is 0 Å². The van der Waals surface area contributed by atoms with Crippen molar-refractivity contribution in [3.63, 3.8) is 0 Å². The second-order valence-corrected chi connectivity index (χ2v) is 3.02. The molecule has 1 radical (unpaired) electrons. The highest BCUT2D eigenvalue weighted by Gasteiger charge is 2.08. The fourth-order valence-corrected chi connectivity index (χ4v) is 1.21. The Bertz CT molecular complexity index is 308. The van der Waals surface area contributed by atoms with Crippen LogP contribution in [0.1, 0.15) is 24.9 Å². The average Bonchev–Trinajstić information content (AvgIpc) is 2.18. The van der Waals surface area contributed by atoms with E-state index in [2.05, 4.69) is 0 Å². The normalized spacial score (nSPS) is 12.4. The number of nitro benzene ring substituents is 1. The monoisotopic (exact) mass is 193 g/mol. The van der Waals surface area contributed by atoms with Crippen molar-refractivity contribution < 1.29 is 4.92 Å². The minimum atomic E-state index is -0.418. The quantitative estimate of drug-likeness (QED) is 0.588. The summed E-state index contributed by atoms with van der Waals surface area (Å²) in [6, 6.07) is 6.18. The van der Waals surface area contributed by atoms with Crippen LogP contribution in [-0.2, 0) is 0 Å². The molecule has 1 rings (SSSR count). The number of nitrogens with two attached hydrogens (primary N) is 1. The number of benzene rings is 1. The Morgan fingerprint density at radius 2 is 2.07 bits per heavy atom. The van der Waals surface area contributed by atoms with Crippen LogP contribution >= 0.6 is 0 Å². The lowest BCUT2D eigenvalue weighted by Gasteiger charge is -2.09. The van der Waals surface area contributed by atoms with Gasteiger partial charge in [0, 0.05) is 18.2 Å². The van der Waals surface area contributed by atoms with E-state index in [4.69, 9.17) is 5.73 Å². The second-order valence-electron chi connectivity index (χ2n) is 3.02. The topological polar surface area (TPSA) is 69.2 Å². The Labute approximate surface area is 82.9 Å². The highest BCUT2D eigenvalue weighted by Crippen LogP contribution is 2.18. The van der Waals surface area contributed by atoms with E-state index in [-0.39, 0.29) is 11.7 Å². The third-order valence-corrected chi connectivity index (χ3v) is 1.98. The summed E-state index contributed by atoms with van der Waals surface area (Å²) in [5.74, 6) is 0. The Morgan fingerprint density at radius 1 is 1.50 bits per heavy atom. The van der Waals surface area contributed by atoms with Gasteiger partial charge in [-0.05, 0) is 12.0 Å². The Kier molecular flexibility index (Phi) is 3.59. The molecule has 0 fully saturated rings. The van der Waals surface area contributed by atoms with Gasteiger partial charge in [-0.1, -0.05) is 25.5 Å². The zero-order valence-corrected chi connectivity index (χ0v) is 8.01. The Balaban J connectivity index is 2.77. The lowest BCUT2D eigenvalue weighted by molar-refractivity contribution is -0.384. The fourth-order valence-electron chi connectivity index (χ4n) is 1.21. The summed E-state index contributed by atoms with van der Waals surface area (Å²) in [6.45, 7) is 2.01. The van der Waals surface area contributed by atoms with E-state index in [0.29, 0.717) is 0 Å². The van der Waals surface area contributed by atoms with E-state index in [1.54, 1.807) is 12.1 Å². The van der Waals surface area contributed by atoms with E-state index in [9.17, 15) is 10.1 Å². The molecule has 0 aliphatic rings. The van der Waals surface area contributed by atoms with Gasteiger partial charge >= 0.3 is 0 Å². The minimum Gasteiger partial charge on any atom is -0.324 e. The number of rotatable bonds is 4. The van der Waals surface area contributed by atoms with Gasteiger partial charge in [0.25, 0.3) is 5.69 Å². The number of hydrogen-bond donors (Lipinski definition) is 1. The summed E-state index contributed by atoms with van der Waals surface area (Å²) >= 11 is 0. The van der Waals surface area contributed by atoms with Gasteiger partial charge in [0.1, 0.15) is 0 Å². The zero-order valence-electron chi connectivity index (χ0n) is 8.01. The molecule has 1 aromatic carbocycles. The highest BCUT2D eigenvalue weighted by molar-refractivity contribution is 5.34. The van der Waals surface area contributed by atoms with Crippen molar-refractivity contribution in [2.45, 2.75) is 19.4 Å². The molecule has 0 aliphatic heterocycles. The number of nitrogens with zero attached hydrogens (tertiary/aromatic N) is 1. The predicted molar refractivity (Wildman–Crippen MR) is 54.6 cm³/mol. The maximum absolute atomic E-state index is 10.4. The van der Waals surface area contributed by atoms with Crippen LogP contribution in [0.25, 0.3) is 0 Å². The molecule has 0 aliphatic carbocycles. The van der Waals surface area contributed by atoms with Crippen LogP contribution in [0.2, 0.25) is 0 Å². The van der Waals surface area contributed by atoms with Crippen LogP contribution in [0, 0.1) is 16.5 Å². The van der Waals surface area contributed by atoms with Gasteiger partial charge in [-0.15, -0.1) is 0 Å². The van der Waals surface area contributed by atoms with E-state index in [1.807, 2.05) is 13.3 Å². The first-order valence-electron chi connectivity index (χ1n) is 4.48. The van der Waals surface area contributed by atoms with Gasteiger partial charge in [0.15, 0.2) is 0 Å². The third kappa shape index (κ3) is 2.53. The van der Waals surface area contributed by atoms with Crippen molar-refractivity contribution in [3.8, 4) is 0 Å². The Hall–Kier alpha value is -1.42. The number of non-ortho nitro benzene ring substituents is 1. The van der Waals surface area contributed by atoms with Gasteiger partial charge in [0.05, 0.1) is 4.92 Å². The van der Waals surface area contributed by atoms with Crippen LogP contribution in [0.3, 0.4) is 0 Å². The first kappa shape index (κ1) is 10.7. The molecule has 0 bridgehead atoms. The summed E-state index contributed by atoms with van der Waals surface area (Å²) in [5.41, 5.74) is 6.80. The largest absolute Gasteiger partial charge is 0.324 e. The molecule has 1 atom stereocenters. The molecule has 1 aromatic rings. The van der Waals surface area contributed by atoms with E-state index in [0.717, 1.165) is 12.0 Å². The molecule has 0 spiro atoms. The van der Waals surface area contributed by atoms with Crippen LogP contribution in [0.15, 0.2) is 24.3 Å². The molecule has 0 saturated carbocycles. The zero-order chi connectivity index (χ0) is 10.6. The maximum Gasteiger partial charge on any atom is 0.269 e. The standard InChI is InChI=1S/C10H13N2O2/c1-2-3-10(11)8-4-6-9(7-5-8)12(13)14/h3-7,10H,2,11H2,1H3. The summed E-state index contributed by atoms with van der Waals surface area (Å²) in [7, 11) is 0. The molecule has 0 amide bonds. The molecule has 1 unspecified atom stereocenters. The van der Waals surface area contributed by atoms with Gasteiger partial charge in [-0.3, -0.25) is 10.1 Å². The molecule has 0 heterocycles. The summed E-state index contributed by atoms with van der Waals surface area (Å²) < 4.78 is 0. The molecule has 4 heteroatoms. The third-order valence-electron chi connectivity index (χ3n) is 1.98. The molecule has 75 valence electrons. The summed E-state index contributed by atoms with van der Waals surface area (Å²) in [5, 5.41) is 10.4.